The molecule has 82 valence electrons. The van der Waals surface area contributed by atoms with E-state index in [4.69, 9.17) is 5.73 Å². The van der Waals surface area contributed by atoms with Gasteiger partial charge in [0.15, 0.2) is 0 Å². The second kappa shape index (κ2) is 4.57. The van der Waals surface area contributed by atoms with Crippen molar-refractivity contribution in [2.24, 2.45) is 5.73 Å². The summed E-state index contributed by atoms with van der Waals surface area (Å²) >= 11 is 0. The summed E-state index contributed by atoms with van der Waals surface area (Å²) in [7, 11) is 0. The minimum atomic E-state index is 0.291. The van der Waals surface area contributed by atoms with Gasteiger partial charge in [0.25, 0.3) is 0 Å². The van der Waals surface area contributed by atoms with E-state index in [-0.39, 0.29) is 0 Å². The molecule has 1 fully saturated rings. The zero-order valence-electron chi connectivity index (χ0n) is 9.19. The third kappa shape index (κ3) is 2.45. The highest BCUT2D eigenvalue weighted by Gasteiger charge is 2.17. The molecule has 4 nitrogen and oxygen atoms in total. The fraction of sp³-hybridized carbons (Fsp3) is 0.636. The molecule has 1 aromatic rings. The predicted octanol–water partition coefficient (Wildman–Crippen LogP) is 0.966. The molecule has 2 rings (SSSR count). The SMILES string of the molecule is CCc1cc(N2CCCC(N)C2)ncn1. The lowest BCUT2D eigenvalue weighted by Gasteiger charge is -2.31. The molecule has 1 aliphatic rings. The Labute approximate surface area is 90.5 Å². The summed E-state index contributed by atoms with van der Waals surface area (Å²) in [6.45, 7) is 4.09. The number of piperidine rings is 1. The molecule has 0 spiro atoms. The number of hydrogen-bond acceptors (Lipinski definition) is 4. The molecule has 15 heavy (non-hydrogen) atoms. The van der Waals surface area contributed by atoms with E-state index < -0.39 is 0 Å². The quantitative estimate of drug-likeness (QED) is 0.783. The van der Waals surface area contributed by atoms with Crippen LogP contribution in [0.15, 0.2) is 12.4 Å². The molecule has 1 aromatic heterocycles. The first-order chi connectivity index (χ1) is 7.29. The van der Waals surface area contributed by atoms with Crippen LogP contribution in [0.4, 0.5) is 5.82 Å². The van der Waals surface area contributed by atoms with Crippen molar-refractivity contribution in [1.29, 1.82) is 0 Å². The zero-order chi connectivity index (χ0) is 10.7. The number of aryl methyl sites for hydroxylation is 1. The smallest absolute Gasteiger partial charge is 0.132 e. The van der Waals surface area contributed by atoms with Crippen molar-refractivity contribution >= 4 is 5.82 Å². The molecule has 4 heteroatoms. The van der Waals surface area contributed by atoms with Crippen LogP contribution < -0.4 is 10.6 Å². The normalized spacial score (nSPS) is 21.7. The van der Waals surface area contributed by atoms with Gasteiger partial charge in [0, 0.05) is 30.9 Å². The monoisotopic (exact) mass is 206 g/mol. The van der Waals surface area contributed by atoms with Crippen molar-refractivity contribution in [3.05, 3.63) is 18.1 Å². The summed E-state index contributed by atoms with van der Waals surface area (Å²) < 4.78 is 0. The van der Waals surface area contributed by atoms with Crippen LogP contribution in [0.1, 0.15) is 25.5 Å². The van der Waals surface area contributed by atoms with E-state index in [1.165, 1.54) is 0 Å². The van der Waals surface area contributed by atoms with Crippen LogP contribution in [0.3, 0.4) is 0 Å². The van der Waals surface area contributed by atoms with Crippen molar-refractivity contribution in [2.75, 3.05) is 18.0 Å². The summed E-state index contributed by atoms with van der Waals surface area (Å²) in [6, 6.07) is 2.36. The third-order valence-corrected chi connectivity index (χ3v) is 2.85. The third-order valence-electron chi connectivity index (χ3n) is 2.85. The molecule has 2 N–H and O–H groups in total. The highest BCUT2D eigenvalue weighted by Crippen LogP contribution is 2.17. The molecule has 1 atom stereocenters. The molecule has 0 aromatic carbocycles. The Kier molecular flexibility index (Phi) is 3.16. The van der Waals surface area contributed by atoms with Gasteiger partial charge in [-0.05, 0) is 19.3 Å². The second-order valence-corrected chi connectivity index (χ2v) is 4.07. The fourth-order valence-electron chi connectivity index (χ4n) is 1.97. The Morgan fingerprint density at radius 2 is 2.40 bits per heavy atom. The van der Waals surface area contributed by atoms with Crippen molar-refractivity contribution in [3.8, 4) is 0 Å². The second-order valence-electron chi connectivity index (χ2n) is 4.07. The van der Waals surface area contributed by atoms with Gasteiger partial charge in [0.2, 0.25) is 0 Å². The van der Waals surface area contributed by atoms with Crippen molar-refractivity contribution in [1.82, 2.24) is 9.97 Å². The average molecular weight is 206 g/mol. The van der Waals surface area contributed by atoms with Crippen LogP contribution in [0, 0.1) is 0 Å². The van der Waals surface area contributed by atoms with Gasteiger partial charge in [0.05, 0.1) is 0 Å². The zero-order valence-corrected chi connectivity index (χ0v) is 9.19. The van der Waals surface area contributed by atoms with E-state index >= 15 is 0 Å². The number of anilines is 1. The van der Waals surface area contributed by atoms with Crippen molar-refractivity contribution < 1.29 is 0 Å². The van der Waals surface area contributed by atoms with Gasteiger partial charge < -0.3 is 10.6 Å². The number of nitrogens with zero attached hydrogens (tertiary/aromatic N) is 3. The minimum Gasteiger partial charge on any atom is -0.355 e. The Balaban J connectivity index is 2.13. The molecule has 0 amide bonds. The first-order valence-corrected chi connectivity index (χ1v) is 5.61. The molecular formula is C11H18N4. The lowest BCUT2D eigenvalue weighted by atomic mass is 10.1. The number of aromatic nitrogens is 2. The van der Waals surface area contributed by atoms with Gasteiger partial charge in [-0.2, -0.15) is 0 Å². The number of rotatable bonds is 2. The topological polar surface area (TPSA) is 55.0 Å². The Bertz CT molecular complexity index is 326. The van der Waals surface area contributed by atoms with E-state index in [0.717, 1.165) is 43.9 Å². The molecule has 0 bridgehead atoms. The van der Waals surface area contributed by atoms with E-state index in [2.05, 4.69) is 27.9 Å². The van der Waals surface area contributed by atoms with Gasteiger partial charge in [-0.25, -0.2) is 9.97 Å². The molecule has 1 saturated heterocycles. The van der Waals surface area contributed by atoms with Crippen LogP contribution in [0.25, 0.3) is 0 Å². The summed E-state index contributed by atoms with van der Waals surface area (Å²) in [5.74, 6) is 1.03. The molecule has 1 unspecified atom stereocenters. The van der Waals surface area contributed by atoms with Crippen LogP contribution in [0.5, 0.6) is 0 Å². The average Bonchev–Trinajstić information content (AvgIpc) is 2.29. The first-order valence-electron chi connectivity index (χ1n) is 5.61. The Hall–Kier alpha value is -1.16. The van der Waals surface area contributed by atoms with E-state index in [9.17, 15) is 0 Å². The molecule has 0 saturated carbocycles. The lowest BCUT2D eigenvalue weighted by molar-refractivity contribution is 0.503. The highest BCUT2D eigenvalue weighted by molar-refractivity contribution is 5.39. The van der Waals surface area contributed by atoms with E-state index in [1.807, 2.05) is 0 Å². The molecule has 0 radical (unpaired) electrons. The standard InChI is InChI=1S/C11H18N4/c1-2-10-6-11(14-8-13-10)15-5-3-4-9(12)7-15/h6,8-9H,2-5,7,12H2,1H3. The maximum Gasteiger partial charge on any atom is 0.132 e. The molecule has 0 aliphatic carbocycles. The van der Waals surface area contributed by atoms with Crippen molar-refractivity contribution in [3.63, 3.8) is 0 Å². The minimum absolute atomic E-state index is 0.291. The summed E-state index contributed by atoms with van der Waals surface area (Å²) in [5.41, 5.74) is 7.04. The maximum absolute atomic E-state index is 5.95. The van der Waals surface area contributed by atoms with Crippen LogP contribution >= 0.6 is 0 Å². The highest BCUT2D eigenvalue weighted by atomic mass is 15.2. The molecule has 2 heterocycles. The first kappa shape index (κ1) is 10.4. The largest absolute Gasteiger partial charge is 0.355 e. The van der Waals surface area contributed by atoms with Gasteiger partial charge in [-0.3, -0.25) is 0 Å². The summed E-state index contributed by atoms with van der Waals surface area (Å²) in [6.07, 6.45) is 4.89. The van der Waals surface area contributed by atoms with Crippen molar-refractivity contribution in [2.45, 2.75) is 32.2 Å². The number of hydrogen-bond donors (Lipinski definition) is 1. The van der Waals surface area contributed by atoms with Gasteiger partial charge in [0.1, 0.15) is 12.1 Å². The predicted molar refractivity (Wildman–Crippen MR) is 60.8 cm³/mol. The molecular weight excluding hydrogens is 188 g/mol. The Morgan fingerprint density at radius 1 is 1.53 bits per heavy atom. The number of nitrogens with two attached hydrogens (primary N) is 1. The Morgan fingerprint density at radius 3 is 3.13 bits per heavy atom. The maximum atomic E-state index is 5.95. The van der Waals surface area contributed by atoms with Crippen LogP contribution in [-0.2, 0) is 6.42 Å². The van der Waals surface area contributed by atoms with Crippen LogP contribution in [-0.4, -0.2) is 29.1 Å². The van der Waals surface area contributed by atoms with Gasteiger partial charge in [-0.1, -0.05) is 6.92 Å². The van der Waals surface area contributed by atoms with Crippen LogP contribution in [0.2, 0.25) is 0 Å². The molecule has 1 aliphatic heterocycles. The summed E-state index contributed by atoms with van der Waals surface area (Å²) in [5, 5.41) is 0. The summed E-state index contributed by atoms with van der Waals surface area (Å²) in [4.78, 5) is 10.8. The van der Waals surface area contributed by atoms with E-state index in [0.29, 0.717) is 6.04 Å². The fourth-order valence-corrected chi connectivity index (χ4v) is 1.97. The van der Waals surface area contributed by atoms with E-state index in [1.54, 1.807) is 6.33 Å². The van der Waals surface area contributed by atoms with Gasteiger partial charge in [-0.15, -0.1) is 0 Å². The lowest BCUT2D eigenvalue weighted by Crippen LogP contribution is -2.43. The van der Waals surface area contributed by atoms with Gasteiger partial charge >= 0.3 is 0 Å².